The van der Waals surface area contributed by atoms with E-state index in [1.165, 1.54) is 11.1 Å². The number of carbonyl (C=O) groups excluding carboxylic acids is 1. The van der Waals surface area contributed by atoms with Gasteiger partial charge in [-0.2, -0.15) is 11.3 Å². The van der Waals surface area contributed by atoms with Crippen molar-refractivity contribution in [2.75, 3.05) is 26.2 Å². The smallest absolute Gasteiger partial charge is 0.254 e. The van der Waals surface area contributed by atoms with Gasteiger partial charge in [-0.25, -0.2) is 0 Å². The van der Waals surface area contributed by atoms with Crippen LogP contribution in [-0.4, -0.2) is 52.1 Å². The average Bonchev–Trinajstić information content (AvgIpc) is 3.37. The maximum Gasteiger partial charge on any atom is 0.254 e. The molecule has 1 saturated heterocycles. The number of rotatable bonds is 4. The highest BCUT2D eigenvalue weighted by atomic mass is 32.1. The molecule has 1 fully saturated rings. The molecule has 0 spiro atoms. The Morgan fingerprint density at radius 2 is 1.97 bits per heavy atom. The van der Waals surface area contributed by atoms with Crippen molar-refractivity contribution in [2.45, 2.75) is 33.2 Å². The van der Waals surface area contributed by atoms with Crippen molar-refractivity contribution in [2.24, 2.45) is 0 Å². The van der Waals surface area contributed by atoms with E-state index in [2.05, 4.69) is 48.0 Å². The van der Waals surface area contributed by atoms with Crippen molar-refractivity contribution in [3.63, 3.8) is 0 Å². The summed E-state index contributed by atoms with van der Waals surface area (Å²) in [7, 11) is 0. The summed E-state index contributed by atoms with van der Waals surface area (Å²) < 4.78 is 6.01. The number of nitrogens with zero attached hydrogens (tertiary/aromatic N) is 4. The van der Waals surface area contributed by atoms with Crippen molar-refractivity contribution in [1.29, 1.82) is 0 Å². The second-order valence-electron chi connectivity index (χ2n) is 7.61. The molecule has 2 aromatic heterocycles. The molecule has 0 unspecified atom stereocenters. The summed E-state index contributed by atoms with van der Waals surface area (Å²) in [4.78, 5) is 16.9. The zero-order chi connectivity index (χ0) is 20.4. The van der Waals surface area contributed by atoms with Crippen LogP contribution in [-0.2, 0) is 0 Å². The zero-order valence-corrected chi connectivity index (χ0v) is 17.9. The van der Waals surface area contributed by atoms with Crippen molar-refractivity contribution in [3.8, 4) is 11.5 Å². The van der Waals surface area contributed by atoms with Crippen molar-refractivity contribution >= 4 is 17.2 Å². The molecular formula is C22H26N4O2S. The molecule has 3 aromatic rings. The van der Waals surface area contributed by atoms with Crippen LogP contribution in [0.4, 0.5) is 0 Å². The molecular weight excluding hydrogens is 384 g/mol. The molecule has 6 nitrogen and oxygen atoms in total. The van der Waals surface area contributed by atoms with Crippen LogP contribution in [0.25, 0.3) is 11.5 Å². The van der Waals surface area contributed by atoms with Crippen LogP contribution in [0.2, 0.25) is 0 Å². The molecule has 1 atom stereocenters. The van der Waals surface area contributed by atoms with Crippen LogP contribution in [0, 0.1) is 13.8 Å². The molecule has 1 aliphatic heterocycles. The highest BCUT2D eigenvalue weighted by Crippen LogP contribution is 2.26. The minimum atomic E-state index is 0.0130. The topological polar surface area (TPSA) is 62.5 Å². The first kappa shape index (κ1) is 19.8. The SMILES string of the molecule is Cc1ccc(-c2nnc([C@H](C)N3CCCN(C(=O)c4ccsc4)CC3)o2)cc1C. The van der Waals surface area contributed by atoms with Gasteiger partial charge in [0.05, 0.1) is 11.6 Å². The third-order valence-corrected chi connectivity index (χ3v) is 6.37. The normalized spacial score (nSPS) is 16.6. The van der Waals surface area contributed by atoms with Gasteiger partial charge in [0.25, 0.3) is 5.91 Å². The third kappa shape index (κ3) is 4.26. The Balaban J connectivity index is 1.43. The lowest BCUT2D eigenvalue weighted by Crippen LogP contribution is -2.35. The molecule has 29 heavy (non-hydrogen) atoms. The van der Waals surface area contributed by atoms with E-state index in [0.717, 1.165) is 37.2 Å². The predicted octanol–water partition coefficient (Wildman–Crippen LogP) is 4.32. The molecule has 1 amide bonds. The molecule has 152 valence electrons. The Kier molecular flexibility index (Phi) is 5.78. The lowest BCUT2D eigenvalue weighted by Gasteiger charge is -2.25. The van der Waals surface area contributed by atoms with E-state index in [4.69, 9.17) is 4.42 Å². The van der Waals surface area contributed by atoms with Gasteiger partial charge in [0.2, 0.25) is 11.8 Å². The van der Waals surface area contributed by atoms with E-state index < -0.39 is 0 Å². The number of aromatic nitrogens is 2. The number of carbonyl (C=O) groups is 1. The Bertz CT molecular complexity index is 983. The van der Waals surface area contributed by atoms with Gasteiger partial charge in [-0.3, -0.25) is 9.69 Å². The highest BCUT2D eigenvalue weighted by Gasteiger charge is 2.26. The van der Waals surface area contributed by atoms with Crippen molar-refractivity contribution in [3.05, 3.63) is 57.6 Å². The van der Waals surface area contributed by atoms with Crippen molar-refractivity contribution in [1.82, 2.24) is 20.0 Å². The Hall–Kier alpha value is -2.51. The number of thiophene rings is 1. The van der Waals surface area contributed by atoms with E-state index >= 15 is 0 Å². The van der Waals surface area contributed by atoms with Crippen molar-refractivity contribution < 1.29 is 9.21 Å². The van der Waals surface area contributed by atoms with Crippen LogP contribution in [0.3, 0.4) is 0 Å². The number of benzene rings is 1. The van der Waals surface area contributed by atoms with Crippen LogP contribution in [0.1, 0.15) is 46.8 Å². The summed E-state index contributed by atoms with van der Waals surface area (Å²) in [6.45, 7) is 9.43. The molecule has 0 N–H and O–H groups in total. The Morgan fingerprint density at radius 3 is 2.72 bits per heavy atom. The maximum absolute atomic E-state index is 12.6. The molecule has 4 rings (SSSR count). The van der Waals surface area contributed by atoms with Gasteiger partial charge < -0.3 is 9.32 Å². The molecule has 0 radical (unpaired) electrons. The predicted molar refractivity (Wildman–Crippen MR) is 114 cm³/mol. The lowest BCUT2D eigenvalue weighted by atomic mass is 10.1. The van der Waals surface area contributed by atoms with Crippen LogP contribution in [0.15, 0.2) is 39.4 Å². The summed E-state index contributed by atoms with van der Waals surface area (Å²) in [6, 6.07) is 8.08. The lowest BCUT2D eigenvalue weighted by molar-refractivity contribution is 0.0758. The fourth-order valence-corrected chi connectivity index (χ4v) is 4.28. The van der Waals surface area contributed by atoms with E-state index in [1.54, 1.807) is 11.3 Å². The average molecular weight is 411 g/mol. The summed E-state index contributed by atoms with van der Waals surface area (Å²) in [5, 5.41) is 12.4. The minimum Gasteiger partial charge on any atom is -0.419 e. The second-order valence-corrected chi connectivity index (χ2v) is 8.39. The third-order valence-electron chi connectivity index (χ3n) is 5.69. The Morgan fingerprint density at radius 1 is 1.10 bits per heavy atom. The minimum absolute atomic E-state index is 0.0130. The molecule has 3 heterocycles. The molecule has 0 aliphatic carbocycles. The fourth-order valence-electron chi connectivity index (χ4n) is 3.65. The summed E-state index contributed by atoms with van der Waals surface area (Å²) in [5.74, 6) is 1.30. The first-order chi connectivity index (χ1) is 14.0. The largest absolute Gasteiger partial charge is 0.419 e. The number of hydrogen-bond donors (Lipinski definition) is 0. The van der Waals surface area contributed by atoms with E-state index in [0.29, 0.717) is 18.3 Å². The van der Waals surface area contributed by atoms with Crippen LogP contribution < -0.4 is 0 Å². The van der Waals surface area contributed by atoms with E-state index in [1.807, 2.05) is 27.8 Å². The standard InChI is InChI=1S/C22H26N4O2S/c1-15-5-6-18(13-16(15)2)21-24-23-20(28-21)17(3)25-8-4-9-26(11-10-25)22(27)19-7-12-29-14-19/h5-7,12-14,17H,4,8-11H2,1-3H3/t17-/m0/s1. The molecule has 0 saturated carbocycles. The molecule has 7 heteroatoms. The fraction of sp³-hybridized carbons (Fsp3) is 0.409. The second kappa shape index (κ2) is 8.47. The van der Waals surface area contributed by atoms with Crippen LogP contribution in [0.5, 0.6) is 0 Å². The first-order valence-corrected chi connectivity index (χ1v) is 10.9. The molecule has 1 aliphatic rings. The van der Waals surface area contributed by atoms with Gasteiger partial charge >= 0.3 is 0 Å². The van der Waals surface area contributed by atoms with E-state index in [-0.39, 0.29) is 11.9 Å². The summed E-state index contributed by atoms with van der Waals surface area (Å²) in [6.07, 6.45) is 0.929. The first-order valence-electron chi connectivity index (χ1n) is 9.99. The van der Waals surface area contributed by atoms with Crippen LogP contribution >= 0.6 is 11.3 Å². The van der Waals surface area contributed by atoms with Gasteiger partial charge in [0.1, 0.15) is 0 Å². The monoisotopic (exact) mass is 410 g/mol. The quantitative estimate of drug-likeness (QED) is 0.641. The van der Waals surface area contributed by atoms with Gasteiger partial charge in [-0.1, -0.05) is 6.07 Å². The van der Waals surface area contributed by atoms with Gasteiger partial charge in [-0.15, -0.1) is 10.2 Å². The Labute approximate surface area is 175 Å². The number of aryl methyl sites for hydroxylation is 2. The summed E-state index contributed by atoms with van der Waals surface area (Å²) in [5.41, 5.74) is 4.18. The number of hydrogen-bond acceptors (Lipinski definition) is 6. The maximum atomic E-state index is 12.6. The summed E-state index contributed by atoms with van der Waals surface area (Å²) >= 11 is 1.56. The van der Waals surface area contributed by atoms with Gasteiger partial charge in [0, 0.05) is 37.1 Å². The van der Waals surface area contributed by atoms with Gasteiger partial charge in [0.15, 0.2) is 0 Å². The number of amides is 1. The highest BCUT2D eigenvalue weighted by molar-refractivity contribution is 7.08. The van der Waals surface area contributed by atoms with Gasteiger partial charge in [-0.05, 0) is 61.9 Å². The van der Waals surface area contributed by atoms with E-state index in [9.17, 15) is 4.79 Å². The molecule has 0 bridgehead atoms. The zero-order valence-electron chi connectivity index (χ0n) is 17.1. The molecule has 1 aromatic carbocycles.